The van der Waals surface area contributed by atoms with E-state index in [1.807, 2.05) is 6.26 Å². The average Bonchev–Trinajstić information content (AvgIpc) is 2.94. The number of anilines is 1. The van der Waals surface area contributed by atoms with E-state index in [-0.39, 0.29) is 5.25 Å². The summed E-state index contributed by atoms with van der Waals surface area (Å²) in [5.41, 5.74) is 6.84. The van der Waals surface area contributed by atoms with Crippen LogP contribution in [0, 0.1) is 0 Å². The summed E-state index contributed by atoms with van der Waals surface area (Å²) in [4.78, 5) is 12.6. The van der Waals surface area contributed by atoms with Gasteiger partial charge in [0.05, 0.1) is 5.25 Å². The van der Waals surface area contributed by atoms with E-state index in [4.69, 9.17) is 10.5 Å². The molecule has 0 aromatic carbocycles. The first-order chi connectivity index (χ1) is 9.63. The van der Waals surface area contributed by atoms with Crippen LogP contribution in [0.2, 0.25) is 0 Å². The highest BCUT2D eigenvalue weighted by molar-refractivity contribution is 7.98. The van der Waals surface area contributed by atoms with Crippen molar-refractivity contribution in [3.05, 3.63) is 12.2 Å². The second-order valence-electron chi connectivity index (χ2n) is 4.90. The van der Waals surface area contributed by atoms with Crippen molar-refractivity contribution in [2.75, 3.05) is 12.0 Å². The third-order valence-electron chi connectivity index (χ3n) is 3.87. The first-order valence-corrected chi connectivity index (χ1v) is 7.45. The number of thioether (sulfide) groups is 1. The Kier molecular flexibility index (Phi) is 2.49. The summed E-state index contributed by atoms with van der Waals surface area (Å²) in [6.07, 6.45) is 0.142. The number of hydrogen-bond donors (Lipinski definition) is 3. The highest BCUT2D eigenvalue weighted by atomic mass is 32.2. The summed E-state index contributed by atoms with van der Waals surface area (Å²) in [5.74, 6) is 0.999. The molecule has 20 heavy (non-hydrogen) atoms. The van der Waals surface area contributed by atoms with Gasteiger partial charge in [-0.25, -0.2) is 15.0 Å². The van der Waals surface area contributed by atoms with Crippen LogP contribution in [0.25, 0.3) is 11.2 Å². The van der Waals surface area contributed by atoms with E-state index < -0.39 is 24.5 Å². The Morgan fingerprint density at radius 3 is 2.90 bits per heavy atom. The third kappa shape index (κ3) is 1.35. The topological polar surface area (TPSA) is 119 Å². The molecular weight excluding hydrogens is 282 g/mol. The SMILES string of the molecule is CS[C@@H]1c2nc3c(N)ncnc3n2[C@@H]2O[C@H]1[C@@H](O)[C@H]2O. The zero-order valence-electron chi connectivity index (χ0n) is 10.5. The fraction of sp³-hybridized carbons (Fsp3) is 0.545. The van der Waals surface area contributed by atoms with Crippen molar-refractivity contribution < 1.29 is 14.9 Å². The number of aliphatic hydroxyl groups excluding tert-OH is 2. The molecule has 0 amide bonds. The van der Waals surface area contributed by atoms with Crippen LogP contribution in [0.4, 0.5) is 5.82 Å². The van der Waals surface area contributed by atoms with Crippen molar-refractivity contribution >= 4 is 28.7 Å². The van der Waals surface area contributed by atoms with Crippen molar-refractivity contribution in [3.8, 4) is 0 Å². The Bertz CT molecular complexity index is 692. The van der Waals surface area contributed by atoms with E-state index >= 15 is 0 Å². The van der Waals surface area contributed by atoms with Gasteiger partial charge in [-0.3, -0.25) is 4.57 Å². The lowest BCUT2D eigenvalue weighted by atomic mass is 10.1. The number of hydrogen-bond acceptors (Lipinski definition) is 8. The van der Waals surface area contributed by atoms with Crippen LogP contribution in [0.3, 0.4) is 0 Å². The van der Waals surface area contributed by atoms with Gasteiger partial charge in [0, 0.05) is 0 Å². The maximum Gasteiger partial charge on any atom is 0.167 e. The maximum absolute atomic E-state index is 10.2. The van der Waals surface area contributed by atoms with Crippen LogP contribution >= 0.6 is 11.8 Å². The average molecular weight is 295 g/mol. The van der Waals surface area contributed by atoms with Crippen molar-refractivity contribution in [1.82, 2.24) is 19.5 Å². The molecule has 2 aromatic heterocycles. The van der Waals surface area contributed by atoms with Crippen molar-refractivity contribution in [2.24, 2.45) is 0 Å². The number of fused-ring (bicyclic) bond motifs is 6. The van der Waals surface area contributed by atoms with E-state index in [9.17, 15) is 10.2 Å². The lowest BCUT2D eigenvalue weighted by molar-refractivity contribution is -0.0538. The first kappa shape index (κ1) is 12.3. The van der Waals surface area contributed by atoms with Crippen molar-refractivity contribution in [2.45, 2.75) is 29.8 Å². The Hall–Kier alpha value is -1.42. The normalized spacial score (nSPS) is 35.5. The summed E-state index contributed by atoms with van der Waals surface area (Å²) in [7, 11) is 0. The first-order valence-electron chi connectivity index (χ1n) is 6.16. The lowest BCUT2D eigenvalue weighted by Gasteiger charge is -2.29. The molecule has 106 valence electrons. The van der Waals surface area contributed by atoms with Crippen molar-refractivity contribution in [1.29, 1.82) is 0 Å². The Labute approximate surface area is 118 Å². The summed E-state index contributed by atoms with van der Waals surface area (Å²) in [5, 5.41) is 20.1. The number of rotatable bonds is 1. The summed E-state index contributed by atoms with van der Waals surface area (Å²) >= 11 is 1.51. The molecule has 2 aromatic rings. The number of nitrogens with zero attached hydrogens (tertiary/aromatic N) is 4. The Balaban J connectivity index is 2.02. The predicted molar refractivity (Wildman–Crippen MR) is 71.9 cm³/mol. The molecule has 1 fully saturated rings. The molecule has 9 heteroatoms. The molecule has 8 nitrogen and oxygen atoms in total. The maximum atomic E-state index is 10.2. The number of nitrogens with two attached hydrogens (primary N) is 1. The highest BCUT2D eigenvalue weighted by Crippen LogP contribution is 2.48. The molecule has 0 aliphatic carbocycles. The lowest BCUT2D eigenvalue weighted by Crippen LogP contribution is -2.32. The standard InChI is InChI=1S/C11H13N5O3S/c1-20-7-6-4(17)5(18)11(19-6)16-9-3(15-10(7)16)8(12)13-2-14-9/h2,4-7,11,17-18H,1H3,(H2,12,13,14)/t4-,5+,6-,7-,11+/m0/s1. The molecule has 2 bridgehead atoms. The molecular formula is C11H13N5O3S. The van der Waals surface area contributed by atoms with Crippen LogP contribution in [0.1, 0.15) is 17.3 Å². The molecule has 4 N–H and O–H groups in total. The van der Waals surface area contributed by atoms with Gasteiger partial charge in [-0.2, -0.15) is 11.8 Å². The van der Waals surface area contributed by atoms with Crippen LogP contribution in [0.5, 0.6) is 0 Å². The number of ether oxygens (including phenoxy) is 1. The van der Waals surface area contributed by atoms with Crippen LogP contribution in [-0.2, 0) is 4.74 Å². The van der Waals surface area contributed by atoms with E-state index in [0.717, 1.165) is 0 Å². The minimum Gasteiger partial charge on any atom is -0.387 e. The van der Waals surface area contributed by atoms with Gasteiger partial charge in [0.25, 0.3) is 0 Å². The van der Waals surface area contributed by atoms with Gasteiger partial charge in [0.15, 0.2) is 23.2 Å². The van der Waals surface area contributed by atoms with E-state index in [0.29, 0.717) is 22.8 Å². The molecule has 1 saturated heterocycles. The summed E-state index contributed by atoms with van der Waals surface area (Å²) in [6.45, 7) is 0. The summed E-state index contributed by atoms with van der Waals surface area (Å²) in [6, 6.07) is 0. The molecule has 4 rings (SSSR count). The Morgan fingerprint density at radius 1 is 1.35 bits per heavy atom. The smallest absolute Gasteiger partial charge is 0.167 e. The van der Waals surface area contributed by atoms with Gasteiger partial charge in [-0.05, 0) is 6.26 Å². The molecule has 0 saturated carbocycles. The minimum absolute atomic E-state index is 0.188. The van der Waals surface area contributed by atoms with Gasteiger partial charge < -0.3 is 20.7 Å². The predicted octanol–water partition coefficient (Wildman–Crippen LogP) is -0.555. The largest absolute Gasteiger partial charge is 0.387 e. The Morgan fingerprint density at radius 2 is 2.15 bits per heavy atom. The quantitative estimate of drug-likeness (QED) is 0.641. The molecule has 0 radical (unpaired) electrons. The second-order valence-corrected chi connectivity index (χ2v) is 5.88. The molecule has 0 spiro atoms. The van der Waals surface area contributed by atoms with Gasteiger partial charge in [0.1, 0.15) is 30.5 Å². The van der Waals surface area contributed by atoms with Gasteiger partial charge >= 0.3 is 0 Å². The van der Waals surface area contributed by atoms with Gasteiger partial charge in [-0.1, -0.05) is 0 Å². The van der Waals surface area contributed by atoms with E-state index in [2.05, 4.69) is 15.0 Å². The van der Waals surface area contributed by atoms with Crippen LogP contribution in [0.15, 0.2) is 6.33 Å². The zero-order chi connectivity index (χ0) is 14.0. The molecule has 5 atom stereocenters. The molecule has 2 aliphatic rings. The van der Waals surface area contributed by atoms with Crippen LogP contribution < -0.4 is 5.73 Å². The number of aliphatic hydroxyl groups is 2. The van der Waals surface area contributed by atoms with Crippen LogP contribution in [-0.4, -0.2) is 54.3 Å². The number of aromatic nitrogens is 4. The van der Waals surface area contributed by atoms with Crippen molar-refractivity contribution in [3.63, 3.8) is 0 Å². The summed E-state index contributed by atoms with van der Waals surface area (Å²) < 4.78 is 7.47. The minimum atomic E-state index is -1.01. The third-order valence-corrected chi connectivity index (χ3v) is 4.86. The van der Waals surface area contributed by atoms with E-state index in [1.165, 1.54) is 18.1 Å². The molecule has 4 heterocycles. The molecule has 2 aliphatic heterocycles. The van der Waals surface area contributed by atoms with Gasteiger partial charge in [-0.15, -0.1) is 0 Å². The van der Waals surface area contributed by atoms with Gasteiger partial charge in [0.2, 0.25) is 0 Å². The fourth-order valence-corrected chi connectivity index (χ4v) is 3.80. The number of imidazole rings is 1. The second kappa shape index (κ2) is 4.04. The fourth-order valence-electron chi connectivity index (χ4n) is 2.93. The highest BCUT2D eigenvalue weighted by Gasteiger charge is 2.53. The zero-order valence-corrected chi connectivity index (χ0v) is 11.4. The van der Waals surface area contributed by atoms with E-state index in [1.54, 1.807) is 4.57 Å². The molecule has 0 unspecified atom stereocenters. The monoisotopic (exact) mass is 295 g/mol. The number of nitrogen functional groups attached to an aromatic ring is 1.